The first-order valence-corrected chi connectivity index (χ1v) is 11.9. The number of aryl methyl sites for hydroxylation is 1. The molecular formula is C20H15ClN2O2S3. The van der Waals surface area contributed by atoms with Gasteiger partial charge in [-0.25, -0.2) is 18.5 Å². The van der Waals surface area contributed by atoms with Crippen molar-refractivity contribution < 1.29 is 8.42 Å². The molecule has 0 saturated carbocycles. The van der Waals surface area contributed by atoms with E-state index in [1.807, 2.05) is 31.2 Å². The summed E-state index contributed by atoms with van der Waals surface area (Å²) in [5.74, 6) is 0. The number of halogens is 1. The first kappa shape index (κ1) is 19.3. The Morgan fingerprint density at radius 2 is 1.79 bits per heavy atom. The van der Waals surface area contributed by atoms with Gasteiger partial charge in [0.25, 0.3) is 0 Å². The van der Waals surface area contributed by atoms with Crippen LogP contribution in [-0.4, -0.2) is 13.4 Å². The van der Waals surface area contributed by atoms with Crippen molar-refractivity contribution in [2.24, 2.45) is 5.14 Å². The zero-order chi connectivity index (χ0) is 19.9. The van der Waals surface area contributed by atoms with Crippen molar-refractivity contribution in [3.05, 3.63) is 70.6 Å². The normalized spacial score (nSPS) is 11.7. The van der Waals surface area contributed by atoms with Crippen LogP contribution in [0.4, 0.5) is 0 Å². The lowest BCUT2D eigenvalue weighted by atomic mass is 10.1. The summed E-state index contributed by atoms with van der Waals surface area (Å²) in [5.41, 5.74) is 3.78. The first-order valence-electron chi connectivity index (χ1n) is 8.27. The molecule has 8 heteroatoms. The Morgan fingerprint density at radius 3 is 2.39 bits per heavy atom. The summed E-state index contributed by atoms with van der Waals surface area (Å²) in [6.45, 7) is 2.04. The maximum absolute atomic E-state index is 11.6. The van der Waals surface area contributed by atoms with Crippen molar-refractivity contribution in [2.75, 3.05) is 0 Å². The molecule has 0 saturated heterocycles. The van der Waals surface area contributed by atoms with Crippen LogP contribution in [0.25, 0.3) is 31.6 Å². The summed E-state index contributed by atoms with van der Waals surface area (Å²) in [7, 11) is -3.73. The van der Waals surface area contributed by atoms with Crippen LogP contribution in [0, 0.1) is 6.92 Å². The SMILES string of the molecule is Cc1csc(-c2nc(-c3ccccc3Cl)sc2-c2ccc(S(N)(=O)=O)cc2)c1. The average Bonchev–Trinajstić information content (AvgIpc) is 3.28. The molecule has 0 bridgehead atoms. The van der Waals surface area contributed by atoms with E-state index < -0.39 is 10.0 Å². The van der Waals surface area contributed by atoms with Gasteiger partial charge in [0.1, 0.15) is 5.01 Å². The van der Waals surface area contributed by atoms with Gasteiger partial charge in [-0.05, 0) is 47.7 Å². The molecule has 4 nitrogen and oxygen atoms in total. The third-order valence-corrected chi connectivity index (χ3v) is 7.59. The predicted octanol–water partition coefficient (Wildman–Crippen LogP) is 5.81. The van der Waals surface area contributed by atoms with E-state index >= 15 is 0 Å². The largest absolute Gasteiger partial charge is 0.238 e. The van der Waals surface area contributed by atoms with Crippen molar-refractivity contribution in [3.8, 4) is 31.6 Å². The highest BCUT2D eigenvalue weighted by Gasteiger charge is 2.19. The molecule has 0 radical (unpaired) electrons. The molecule has 0 amide bonds. The quantitative estimate of drug-likeness (QED) is 0.429. The molecular weight excluding hydrogens is 432 g/mol. The second kappa shape index (κ2) is 7.42. The van der Waals surface area contributed by atoms with E-state index in [4.69, 9.17) is 21.7 Å². The average molecular weight is 447 g/mol. The van der Waals surface area contributed by atoms with Gasteiger partial charge in [-0.1, -0.05) is 41.9 Å². The van der Waals surface area contributed by atoms with Crippen LogP contribution in [0.1, 0.15) is 5.56 Å². The summed E-state index contributed by atoms with van der Waals surface area (Å²) >= 11 is 9.53. The Balaban J connectivity index is 1.89. The van der Waals surface area contributed by atoms with Gasteiger partial charge in [-0.3, -0.25) is 0 Å². The van der Waals surface area contributed by atoms with Crippen LogP contribution < -0.4 is 5.14 Å². The molecule has 0 fully saturated rings. The molecule has 4 rings (SSSR count). The molecule has 2 N–H and O–H groups in total. The number of thiophene rings is 1. The minimum absolute atomic E-state index is 0.0839. The number of aromatic nitrogens is 1. The second-order valence-corrected chi connectivity index (χ2v) is 10.1. The number of hydrogen-bond acceptors (Lipinski definition) is 5. The number of primary sulfonamides is 1. The summed E-state index contributed by atoms with van der Waals surface area (Å²) in [4.78, 5) is 6.97. The molecule has 0 atom stereocenters. The number of nitrogens with zero attached hydrogens (tertiary/aromatic N) is 1. The molecule has 0 aliphatic rings. The Hall–Kier alpha value is -2.03. The van der Waals surface area contributed by atoms with Crippen molar-refractivity contribution in [3.63, 3.8) is 0 Å². The van der Waals surface area contributed by atoms with Crippen LogP contribution in [0.3, 0.4) is 0 Å². The lowest BCUT2D eigenvalue weighted by Gasteiger charge is -2.03. The molecule has 2 heterocycles. The Bertz CT molecular complexity index is 1260. The van der Waals surface area contributed by atoms with Crippen molar-refractivity contribution in [1.82, 2.24) is 4.98 Å². The number of thiazole rings is 1. The van der Waals surface area contributed by atoms with Crippen LogP contribution in [-0.2, 0) is 10.0 Å². The zero-order valence-electron chi connectivity index (χ0n) is 14.7. The van der Waals surface area contributed by atoms with Crippen molar-refractivity contribution in [1.29, 1.82) is 0 Å². The fourth-order valence-electron chi connectivity index (χ4n) is 2.78. The van der Waals surface area contributed by atoms with Crippen molar-refractivity contribution in [2.45, 2.75) is 11.8 Å². The molecule has 0 aliphatic carbocycles. The van der Waals surface area contributed by atoms with Gasteiger partial charge in [-0.2, -0.15) is 0 Å². The van der Waals surface area contributed by atoms with Crippen LogP contribution >= 0.6 is 34.3 Å². The molecule has 2 aromatic carbocycles. The summed E-state index contributed by atoms with van der Waals surface area (Å²) < 4.78 is 23.1. The number of benzene rings is 2. The lowest BCUT2D eigenvalue weighted by Crippen LogP contribution is -2.11. The van der Waals surface area contributed by atoms with Gasteiger partial charge in [-0.15, -0.1) is 22.7 Å². The van der Waals surface area contributed by atoms with Gasteiger partial charge < -0.3 is 0 Å². The van der Waals surface area contributed by atoms with Gasteiger partial charge in [0.05, 0.1) is 25.4 Å². The smallest absolute Gasteiger partial charge is 0.234 e. The standard InChI is InChI=1S/C20H15ClN2O2S3/c1-12-10-17(26-11-12)18-19(13-6-8-14(9-7-13)28(22,24)25)27-20(23-18)15-4-2-3-5-16(15)21/h2-11H,1H3,(H2,22,24,25). The third-order valence-electron chi connectivity index (χ3n) is 4.14. The minimum atomic E-state index is -3.73. The third kappa shape index (κ3) is 3.76. The van der Waals surface area contributed by atoms with Gasteiger partial charge in [0, 0.05) is 5.56 Å². The summed E-state index contributed by atoms with van der Waals surface area (Å²) in [5, 5.41) is 8.75. The highest BCUT2D eigenvalue weighted by atomic mass is 35.5. The predicted molar refractivity (Wildman–Crippen MR) is 117 cm³/mol. The molecule has 28 heavy (non-hydrogen) atoms. The van der Waals surface area contributed by atoms with E-state index in [1.165, 1.54) is 29.0 Å². The Morgan fingerprint density at radius 1 is 1.07 bits per heavy atom. The summed E-state index contributed by atoms with van der Waals surface area (Å²) in [6.07, 6.45) is 0. The Labute approximate surface area is 176 Å². The van der Waals surface area contributed by atoms with Crippen LogP contribution in [0.5, 0.6) is 0 Å². The van der Waals surface area contributed by atoms with Crippen molar-refractivity contribution >= 4 is 44.3 Å². The molecule has 0 aliphatic heterocycles. The van der Waals surface area contributed by atoms with Crippen LogP contribution in [0.15, 0.2) is 64.9 Å². The fourth-order valence-corrected chi connectivity index (χ4v) is 5.66. The van der Waals surface area contributed by atoms with E-state index in [2.05, 4.69) is 11.4 Å². The number of hydrogen-bond donors (Lipinski definition) is 1. The maximum atomic E-state index is 11.6. The highest BCUT2D eigenvalue weighted by Crippen LogP contribution is 2.43. The fraction of sp³-hybridized carbons (Fsp3) is 0.0500. The Kier molecular flexibility index (Phi) is 5.11. The molecule has 0 spiro atoms. The first-order chi connectivity index (χ1) is 13.3. The van der Waals surface area contributed by atoms with Gasteiger partial charge in [0.2, 0.25) is 10.0 Å². The van der Waals surface area contributed by atoms with Gasteiger partial charge >= 0.3 is 0 Å². The van der Waals surface area contributed by atoms with E-state index in [1.54, 1.807) is 23.5 Å². The number of nitrogens with two attached hydrogens (primary N) is 1. The van der Waals surface area contributed by atoms with E-state index in [9.17, 15) is 8.42 Å². The molecule has 0 unspecified atom stereocenters. The summed E-state index contributed by atoms with van der Waals surface area (Å²) in [6, 6.07) is 16.2. The molecule has 142 valence electrons. The lowest BCUT2D eigenvalue weighted by molar-refractivity contribution is 0.598. The topological polar surface area (TPSA) is 73.0 Å². The number of rotatable bonds is 4. The molecule has 2 aromatic heterocycles. The zero-order valence-corrected chi connectivity index (χ0v) is 17.9. The van der Waals surface area contributed by atoms with E-state index in [0.717, 1.165) is 31.6 Å². The van der Waals surface area contributed by atoms with Gasteiger partial charge in [0.15, 0.2) is 0 Å². The number of sulfonamides is 1. The van der Waals surface area contributed by atoms with Crippen LogP contribution in [0.2, 0.25) is 5.02 Å². The van der Waals surface area contributed by atoms with E-state index in [0.29, 0.717) is 5.02 Å². The minimum Gasteiger partial charge on any atom is -0.234 e. The highest BCUT2D eigenvalue weighted by molar-refractivity contribution is 7.89. The van der Waals surface area contributed by atoms with E-state index in [-0.39, 0.29) is 4.90 Å². The molecule has 4 aromatic rings. The second-order valence-electron chi connectivity index (χ2n) is 6.23. The maximum Gasteiger partial charge on any atom is 0.238 e. The monoisotopic (exact) mass is 446 g/mol.